The van der Waals surface area contributed by atoms with Crippen molar-refractivity contribution >= 4 is 34.4 Å². The monoisotopic (exact) mass is 400 g/mol. The van der Waals surface area contributed by atoms with Crippen molar-refractivity contribution in [2.45, 2.75) is 19.9 Å². The van der Waals surface area contributed by atoms with Gasteiger partial charge in [0.15, 0.2) is 16.6 Å². The molecule has 27 heavy (non-hydrogen) atoms. The van der Waals surface area contributed by atoms with Gasteiger partial charge in [0.05, 0.1) is 0 Å². The zero-order valence-electron chi connectivity index (χ0n) is 14.5. The number of rotatable bonds is 4. The Balaban J connectivity index is 1.93. The summed E-state index contributed by atoms with van der Waals surface area (Å²) in [5, 5.41) is 0.920. The Morgan fingerprint density at radius 1 is 0.889 bits per heavy atom. The van der Waals surface area contributed by atoms with Crippen molar-refractivity contribution in [1.29, 1.82) is 0 Å². The molecule has 0 spiro atoms. The van der Waals surface area contributed by atoms with E-state index in [1.165, 1.54) is 12.1 Å². The first-order valence-corrected chi connectivity index (χ1v) is 9.28. The number of imidazole rings is 1. The van der Waals surface area contributed by atoms with E-state index in [4.69, 9.17) is 28.2 Å². The fraction of sp³-hybridized carbons (Fsp3) is 0.150. The minimum atomic E-state index is -0.292. The Bertz CT molecular complexity index is 1110. The molecule has 2 aromatic carbocycles. The van der Waals surface area contributed by atoms with E-state index in [-0.39, 0.29) is 11.0 Å². The lowest BCUT2D eigenvalue weighted by molar-refractivity contribution is 0.628. The molecule has 2 aromatic heterocycles. The molecule has 4 nitrogen and oxygen atoms in total. The van der Waals surface area contributed by atoms with Crippen LogP contribution in [-0.2, 0) is 6.54 Å². The van der Waals surface area contributed by atoms with Gasteiger partial charge >= 0.3 is 0 Å². The lowest BCUT2D eigenvalue weighted by Crippen LogP contribution is -2.02. The molecule has 0 unspecified atom stereocenters. The molecular formula is C20H15Cl2FN4. The molecule has 0 aliphatic heterocycles. The highest BCUT2D eigenvalue weighted by molar-refractivity contribution is 6.33. The van der Waals surface area contributed by atoms with Gasteiger partial charge in [-0.1, -0.05) is 30.1 Å². The van der Waals surface area contributed by atoms with E-state index in [1.54, 1.807) is 24.3 Å². The van der Waals surface area contributed by atoms with Gasteiger partial charge in [-0.2, -0.15) is 0 Å². The van der Waals surface area contributed by atoms with Gasteiger partial charge < -0.3 is 4.57 Å². The Morgan fingerprint density at radius 3 is 2.22 bits per heavy atom. The number of halogens is 3. The summed E-state index contributed by atoms with van der Waals surface area (Å²) in [5.41, 5.74) is 2.80. The number of aryl methyl sites for hydroxylation is 1. The summed E-state index contributed by atoms with van der Waals surface area (Å²) in [6, 6.07) is 13.5. The van der Waals surface area contributed by atoms with Crippen molar-refractivity contribution in [3.8, 4) is 22.8 Å². The van der Waals surface area contributed by atoms with E-state index in [0.29, 0.717) is 34.4 Å². The topological polar surface area (TPSA) is 43.6 Å². The van der Waals surface area contributed by atoms with Gasteiger partial charge in [0.2, 0.25) is 0 Å². The predicted octanol–water partition coefficient (Wildman–Crippen LogP) is 6.02. The summed E-state index contributed by atoms with van der Waals surface area (Å²) in [6.07, 6.45) is 0.886. The van der Waals surface area contributed by atoms with E-state index in [0.717, 1.165) is 17.5 Å². The van der Waals surface area contributed by atoms with Crippen LogP contribution in [-0.4, -0.2) is 19.5 Å². The van der Waals surface area contributed by atoms with Crippen LogP contribution >= 0.6 is 23.2 Å². The quantitative estimate of drug-likeness (QED) is 0.393. The summed E-state index contributed by atoms with van der Waals surface area (Å²) >= 11 is 12.4. The fourth-order valence-corrected chi connectivity index (χ4v) is 3.28. The molecular weight excluding hydrogens is 386 g/mol. The first-order chi connectivity index (χ1) is 13.1. The molecule has 0 amide bonds. The molecule has 0 aliphatic carbocycles. The van der Waals surface area contributed by atoms with Gasteiger partial charge in [-0.3, -0.25) is 0 Å². The number of hydrogen-bond donors (Lipinski definition) is 0. The van der Waals surface area contributed by atoms with Crippen LogP contribution in [0.15, 0.2) is 48.5 Å². The summed E-state index contributed by atoms with van der Waals surface area (Å²) in [7, 11) is 0. The molecule has 0 fully saturated rings. The van der Waals surface area contributed by atoms with Crippen LogP contribution < -0.4 is 0 Å². The molecule has 4 rings (SSSR count). The minimum Gasteiger partial charge on any atom is -0.309 e. The smallest absolute Gasteiger partial charge is 0.166 e. The van der Waals surface area contributed by atoms with Crippen LogP contribution in [0.25, 0.3) is 33.9 Å². The molecule has 136 valence electrons. The minimum absolute atomic E-state index is 0.281. The van der Waals surface area contributed by atoms with Crippen molar-refractivity contribution in [3.63, 3.8) is 0 Å². The third-order valence-corrected chi connectivity index (χ3v) is 4.72. The number of benzene rings is 2. The third kappa shape index (κ3) is 3.40. The summed E-state index contributed by atoms with van der Waals surface area (Å²) in [6.45, 7) is 2.78. The number of aromatic nitrogens is 4. The van der Waals surface area contributed by atoms with Gasteiger partial charge in [0.1, 0.15) is 17.2 Å². The lowest BCUT2D eigenvalue weighted by Gasteiger charge is -2.08. The van der Waals surface area contributed by atoms with Crippen molar-refractivity contribution < 1.29 is 4.39 Å². The average molecular weight is 401 g/mol. The van der Waals surface area contributed by atoms with Crippen LogP contribution in [0.5, 0.6) is 0 Å². The first-order valence-electron chi connectivity index (χ1n) is 8.52. The zero-order valence-corrected chi connectivity index (χ0v) is 16.0. The van der Waals surface area contributed by atoms with E-state index >= 15 is 0 Å². The van der Waals surface area contributed by atoms with Crippen LogP contribution in [0.3, 0.4) is 0 Å². The Hall–Kier alpha value is -2.50. The summed E-state index contributed by atoms with van der Waals surface area (Å²) < 4.78 is 15.3. The first kappa shape index (κ1) is 17.9. The Labute approximate surface area is 165 Å². The Morgan fingerprint density at radius 2 is 1.56 bits per heavy atom. The SMILES string of the molecule is CCCn1c(-c2ccc(F)cc2)nc2c(Cl)nc(-c3ccc(Cl)cc3)nc21. The van der Waals surface area contributed by atoms with Crippen molar-refractivity contribution in [1.82, 2.24) is 19.5 Å². The summed E-state index contributed by atoms with van der Waals surface area (Å²) in [4.78, 5) is 13.7. The van der Waals surface area contributed by atoms with Crippen LogP contribution in [0, 0.1) is 5.82 Å². The normalized spacial score (nSPS) is 11.3. The van der Waals surface area contributed by atoms with Gasteiger partial charge in [0.25, 0.3) is 0 Å². The van der Waals surface area contributed by atoms with Crippen molar-refractivity contribution in [3.05, 3.63) is 64.5 Å². The van der Waals surface area contributed by atoms with Crippen LogP contribution in [0.2, 0.25) is 10.2 Å². The second-order valence-corrected chi connectivity index (χ2v) is 6.91. The molecule has 0 N–H and O–H groups in total. The molecule has 0 atom stereocenters. The van der Waals surface area contributed by atoms with Crippen LogP contribution in [0.1, 0.15) is 13.3 Å². The molecule has 0 aliphatic rings. The molecule has 7 heteroatoms. The second-order valence-electron chi connectivity index (χ2n) is 6.11. The molecule has 0 saturated heterocycles. The number of hydrogen-bond acceptors (Lipinski definition) is 3. The van der Waals surface area contributed by atoms with Crippen molar-refractivity contribution in [2.24, 2.45) is 0 Å². The highest BCUT2D eigenvalue weighted by atomic mass is 35.5. The fourth-order valence-electron chi connectivity index (χ4n) is 2.95. The highest BCUT2D eigenvalue weighted by Gasteiger charge is 2.18. The third-order valence-electron chi connectivity index (χ3n) is 4.20. The van der Waals surface area contributed by atoms with Gasteiger partial charge in [-0.25, -0.2) is 19.3 Å². The summed E-state index contributed by atoms with van der Waals surface area (Å²) in [5.74, 6) is 0.906. The number of nitrogens with zero attached hydrogens (tertiary/aromatic N) is 4. The highest BCUT2D eigenvalue weighted by Crippen LogP contribution is 2.30. The maximum atomic E-state index is 13.3. The van der Waals surface area contributed by atoms with Gasteiger partial charge in [-0.15, -0.1) is 0 Å². The second kappa shape index (κ2) is 7.25. The van der Waals surface area contributed by atoms with E-state index in [1.807, 2.05) is 16.7 Å². The average Bonchev–Trinajstić information content (AvgIpc) is 3.02. The lowest BCUT2D eigenvalue weighted by atomic mass is 10.2. The van der Waals surface area contributed by atoms with Crippen LogP contribution in [0.4, 0.5) is 4.39 Å². The molecule has 4 aromatic rings. The maximum absolute atomic E-state index is 13.3. The van der Waals surface area contributed by atoms with E-state index in [9.17, 15) is 4.39 Å². The maximum Gasteiger partial charge on any atom is 0.166 e. The zero-order chi connectivity index (χ0) is 19.0. The molecule has 0 saturated carbocycles. The van der Waals surface area contributed by atoms with E-state index in [2.05, 4.69) is 16.9 Å². The molecule has 0 radical (unpaired) electrons. The van der Waals surface area contributed by atoms with Crippen molar-refractivity contribution in [2.75, 3.05) is 0 Å². The van der Waals surface area contributed by atoms with Gasteiger partial charge in [-0.05, 0) is 55.0 Å². The molecule has 2 heterocycles. The Kier molecular flexibility index (Phi) is 4.81. The van der Waals surface area contributed by atoms with Gasteiger partial charge in [0, 0.05) is 22.7 Å². The standard InChI is InChI=1S/C20H15Cl2FN4/c1-2-11-27-19(13-5-9-15(23)10-6-13)24-16-17(22)25-18(26-20(16)27)12-3-7-14(21)8-4-12/h3-10H,2,11H2,1H3. The van der Waals surface area contributed by atoms with E-state index < -0.39 is 0 Å². The number of fused-ring (bicyclic) bond motifs is 1. The predicted molar refractivity (Wildman–Crippen MR) is 106 cm³/mol. The molecule has 0 bridgehead atoms. The largest absolute Gasteiger partial charge is 0.309 e.